The summed E-state index contributed by atoms with van der Waals surface area (Å²) in [6.45, 7) is 4.43. The number of carbonyl (C=O) groups is 1. The first kappa shape index (κ1) is 15.2. The topological polar surface area (TPSA) is 61.9 Å². The van der Waals surface area contributed by atoms with Crippen molar-refractivity contribution in [2.24, 2.45) is 0 Å². The van der Waals surface area contributed by atoms with Gasteiger partial charge in [-0.05, 0) is 30.9 Å². The second-order valence-corrected chi connectivity index (χ2v) is 5.26. The van der Waals surface area contributed by atoms with Crippen molar-refractivity contribution >= 4 is 5.91 Å². The van der Waals surface area contributed by atoms with Crippen LogP contribution in [-0.4, -0.2) is 33.0 Å². The standard InChI is InChI=1S/C16H22N4O/c1-4-13-5-7-14(8-6-13)9-10-16(21)20(3)11-15-17-12(2)18-19-15/h5-8H,4,9-11H2,1-3H3,(H,17,18,19). The van der Waals surface area contributed by atoms with Crippen LogP contribution in [0.3, 0.4) is 0 Å². The summed E-state index contributed by atoms with van der Waals surface area (Å²) in [5.41, 5.74) is 2.52. The van der Waals surface area contributed by atoms with Crippen molar-refractivity contribution in [3.8, 4) is 0 Å². The van der Waals surface area contributed by atoms with Crippen LogP contribution in [-0.2, 0) is 24.2 Å². The fourth-order valence-corrected chi connectivity index (χ4v) is 2.14. The van der Waals surface area contributed by atoms with Gasteiger partial charge in [-0.2, -0.15) is 5.10 Å². The van der Waals surface area contributed by atoms with Crippen molar-refractivity contribution in [3.05, 3.63) is 47.0 Å². The monoisotopic (exact) mass is 286 g/mol. The maximum atomic E-state index is 12.1. The highest BCUT2D eigenvalue weighted by Gasteiger charge is 2.11. The van der Waals surface area contributed by atoms with E-state index in [1.807, 2.05) is 6.92 Å². The van der Waals surface area contributed by atoms with Crippen molar-refractivity contribution in [1.29, 1.82) is 0 Å². The third-order valence-electron chi connectivity index (χ3n) is 3.51. The molecular formula is C16H22N4O. The van der Waals surface area contributed by atoms with Crippen molar-refractivity contribution in [1.82, 2.24) is 20.1 Å². The molecular weight excluding hydrogens is 264 g/mol. The summed E-state index contributed by atoms with van der Waals surface area (Å²) in [4.78, 5) is 18.0. The Kier molecular flexibility index (Phi) is 5.09. The van der Waals surface area contributed by atoms with Gasteiger partial charge >= 0.3 is 0 Å². The molecule has 0 radical (unpaired) electrons. The molecule has 0 saturated heterocycles. The van der Waals surface area contributed by atoms with E-state index in [1.165, 1.54) is 11.1 Å². The number of hydrogen-bond acceptors (Lipinski definition) is 3. The Hall–Kier alpha value is -2.17. The highest BCUT2D eigenvalue weighted by Crippen LogP contribution is 2.09. The lowest BCUT2D eigenvalue weighted by atomic mass is 10.1. The normalized spacial score (nSPS) is 10.6. The first-order chi connectivity index (χ1) is 10.1. The van der Waals surface area contributed by atoms with Gasteiger partial charge in [0.05, 0.1) is 6.54 Å². The van der Waals surface area contributed by atoms with Crippen LogP contribution in [0.15, 0.2) is 24.3 Å². The molecule has 0 fully saturated rings. The van der Waals surface area contributed by atoms with Gasteiger partial charge in [0.15, 0.2) is 5.82 Å². The molecule has 0 aliphatic carbocycles. The molecule has 0 unspecified atom stereocenters. The molecule has 1 aromatic carbocycles. The average molecular weight is 286 g/mol. The fourth-order valence-electron chi connectivity index (χ4n) is 2.14. The SMILES string of the molecule is CCc1ccc(CCC(=O)N(C)Cc2n[nH]c(C)n2)cc1. The maximum Gasteiger partial charge on any atom is 0.223 e. The van der Waals surface area contributed by atoms with Gasteiger partial charge in [0.1, 0.15) is 5.82 Å². The predicted molar refractivity (Wildman–Crippen MR) is 81.7 cm³/mol. The quantitative estimate of drug-likeness (QED) is 0.886. The van der Waals surface area contributed by atoms with Gasteiger partial charge in [-0.25, -0.2) is 4.98 Å². The lowest BCUT2D eigenvalue weighted by Gasteiger charge is -2.15. The van der Waals surface area contributed by atoms with Crippen molar-refractivity contribution < 1.29 is 4.79 Å². The number of carbonyl (C=O) groups excluding carboxylic acids is 1. The Labute approximate surface area is 125 Å². The largest absolute Gasteiger partial charge is 0.338 e. The van der Waals surface area contributed by atoms with Crippen LogP contribution in [0.2, 0.25) is 0 Å². The van der Waals surface area contributed by atoms with E-state index in [2.05, 4.69) is 46.4 Å². The number of aromatic amines is 1. The van der Waals surface area contributed by atoms with Gasteiger partial charge in [0.25, 0.3) is 0 Å². The molecule has 0 aliphatic rings. The third-order valence-corrected chi connectivity index (χ3v) is 3.51. The molecule has 1 amide bonds. The van der Waals surface area contributed by atoms with E-state index < -0.39 is 0 Å². The second-order valence-electron chi connectivity index (χ2n) is 5.26. The Bertz CT molecular complexity index is 589. The smallest absolute Gasteiger partial charge is 0.223 e. The van der Waals surface area contributed by atoms with Gasteiger partial charge in [-0.3, -0.25) is 9.89 Å². The number of aromatic nitrogens is 3. The Morgan fingerprint density at radius 1 is 1.24 bits per heavy atom. The number of hydrogen-bond donors (Lipinski definition) is 1. The number of benzene rings is 1. The molecule has 1 N–H and O–H groups in total. The maximum absolute atomic E-state index is 12.1. The molecule has 0 spiro atoms. The Balaban J connectivity index is 1.82. The zero-order chi connectivity index (χ0) is 15.2. The van der Waals surface area contributed by atoms with Crippen molar-refractivity contribution in [3.63, 3.8) is 0 Å². The number of nitrogens with zero attached hydrogens (tertiary/aromatic N) is 3. The van der Waals surface area contributed by atoms with Crippen LogP contribution in [0, 0.1) is 6.92 Å². The molecule has 2 aromatic rings. The molecule has 1 aromatic heterocycles. The Morgan fingerprint density at radius 3 is 2.48 bits per heavy atom. The summed E-state index contributed by atoms with van der Waals surface area (Å²) in [5.74, 6) is 1.52. The highest BCUT2D eigenvalue weighted by molar-refractivity contribution is 5.76. The number of rotatable bonds is 6. The molecule has 0 atom stereocenters. The lowest BCUT2D eigenvalue weighted by Crippen LogP contribution is -2.26. The minimum atomic E-state index is 0.108. The third kappa shape index (κ3) is 4.41. The van der Waals surface area contributed by atoms with Crippen LogP contribution < -0.4 is 0 Å². The summed E-state index contributed by atoms with van der Waals surface area (Å²) in [5, 5.41) is 6.83. The predicted octanol–water partition coefficient (Wildman–Crippen LogP) is 2.27. The van der Waals surface area contributed by atoms with E-state index in [4.69, 9.17) is 0 Å². The van der Waals surface area contributed by atoms with E-state index in [0.29, 0.717) is 18.8 Å². The summed E-state index contributed by atoms with van der Waals surface area (Å²) < 4.78 is 0. The van der Waals surface area contributed by atoms with E-state index in [0.717, 1.165) is 18.7 Å². The van der Waals surface area contributed by atoms with Gasteiger partial charge in [0.2, 0.25) is 5.91 Å². The first-order valence-electron chi connectivity index (χ1n) is 7.28. The Morgan fingerprint density at radius 2 is 1.90 bits per heavy atom. The van der Waals surface area contributed by atoms with Crippen LogP contribution in [0.25, 0.3) is 0 Å². The van der Waals surface area contributed by atoms with Crippen molar-refractivity contribution in [2.45, 2.75) is 39.7 Å². The van der Waals surface area contributed by atoms with Gasteiger partial charge in [0, 0.05) is 13.5 Å². The molecule has 112 valence electrons. The minimum Gasteiger partial charge on any atom is -0.338 e. The molecule has 5 nitrogen and oxygen atoms in total. The molecule has 0 bridgehead atoms. The van der Waals surface area contributed by atoms with E-state index in [9.17, 15) is 4.79 Å². The minimum absolute atomic E-state index is 0.108. The van der Waals surface area contributed by atoms with Crippen molar-refractivity contribution in [2.75, 3.05) is 7.05 Å². The number of H-pyrrole nitrogens is 1. The van der Waals surface area contributed by atoms with E-state index in [1.54, 1.807) is 11.9 Å². The van der Waals surface area contributed by atoms with Crippen LogP contribution in [0.4, 0.5) is 0 Å². The van der Waals surface area contributed by atoms with Gasteiger partial charge < -0.3 is 4.90 Å². The van der Waals surface area contributed by atoms with Gasteiger partial charge in [-0.1, -0.05) is 31.2 Å². The summed E-state index contributed by atoms with van der Waals surface area (Å²) in [6.07, 6.45) is 2.31. The highest BCUT2D eigenvalue weighted by atomic mass is 16.2. The number of amides is 1. The van der Waals surface area contributed by atoms with Crippen LogP contribution in [0.5, 0.6) is 0 Å². The first-order valence-corrected chi connectivity index (χ1v) is 7.28. The van der Waals surface area contributed by atoms with Crippen LogP contribution in [0.1, 0.15) is 36.1 Å². The van der Waals surface area contributed by atoms with E-state index in [-0.39, 0.29) is 5.91 Å². The zero-order valence-electron chi connectivity index (χ0n) is 12.9. The van der Waals surface area contributed by atoms with Crippen LogP contribution >= 0.6 is 0 Å². The lowest BCUT2D eigenvalue weighted by molar-refractivity contribution is -0.130. The number of nitrogens with one attached hydrogen (secondary N) is 1. The number of aryl methyl sites for hydroxylation is 3. The molecule has 1 heterocycles. The van der Waals surface area contributed by atoms with Gasteiger partial charge in [-0.15, -0.1) is 0 Å². The summed E-state index contributed by atoms with van der Waals surface area (Å²) in [6, 6.07) is 8.45. The zero-order valence-corrected chi connectivity index (χ0v) is 12.9. The summed E-state index contributed by atoms with van der Waals surface area (Å²) in [7, 11) is 1.79. The second kappa shape index (κ2) is 7.02. The fraction of sp³-hybridized carbons (Fsp3) is 0.438. The molecule has 0 saturated carbocycles. The molecule has 5 heteroatoms. The summed E-state index contributed by atoms with van der Waals surface area (Å²) >= 11 is 0. The molecule has 2 rings (SSSR count). The van der Waals surface area contributed by atoms with E-state index >= 15 is 0 Å². The molecule has 0 aliphatic heterocycles. The average Bonchev–Trinajstić information content (AvgIpc) is 2.90. The molecule has 21 heavy (non-hydrogen) atoms.